The van der Waals surface area contributed by atoms with E-state index >= 15 is 0 Å². The molecule has 0 aliphatic heterocycles. The predicted octanol–water partition coefficient (Wildman–Crippen LogP) is 4.73. The van der Waals surface area contributed by atoms with Gasteiger partial charge in [0, 0.05) is 5.69 Å². The zero-order valence-electron chi connectivity index (χ0n) is 16.8. The molecule has 0 bridgehead atoms. The summed E-state index contributed by atoms with van der Waals surface area (Å²) in [5, 5.41) is 5.63. The first kappa shape index (κ1) is 20.5. The van der Waals surface area contributed by atoms with E-state index in [-0.39, 0.29) is 5.91 Å². The van der Waals surface area contributed by atoms with Gasteiger partial charge >= 0.3 is 0 Å². The Morgan fingerprint density at radius 2 is 1.56 bits per heavy atom. The second-order valence-corrected chi connectivity index (χ2v) is 7.51. The summed E-state index contributed by atoms with van der Waals surface area (Å²) in [5.74, 6) is 0.197. The van der Waals surface area contributed by atoms with Crippen molar-refractivity contribution >= 4 is 23.2 Å². The monoisotopic (exact) mass is 368 g/mol. The van der Waals surface area contributed by atoms with E-state index in [1.807, 2.05) is 43.3 Å². The highest BCUT2D eigenvalue weighted by Gasteiger charge is 2.36. The van der Waals surface area contributed by atoms with Gasteiger partial charge in [-0.1, -0.05) is 32.0 Å². The average molecular weight is 368 g/mol. The number of aryl methyl sites for hydroxylation is 1. The SMILES string of the molecule is COc1ccc(C)cc1NC(=O)C(C)(C)C(=O)Nc1ccc(C(C)C)cc1. The highest BCUT2D eigenvalue weighted by atomic mass is 16.5. The first-order valence-corrected chi connectivity index (χ1v) is 9.02. The molecule has 27 heavy (non-hydrogen) atoms. The molecule has 144 valence electrons. The van der Waals surface area contributed by atoms with Gasteiger partial charge in [-0.25, -0.2) is 0 Å². The van der Waals surface area contributed by atoms with Gasteiger partial charge in [-0.2, -0.15) is 0 Å². The number of hydrogen-bond acceptors (Lipinski definition) is 3. The summed E-state index contributed by atoms with van der Waals surface area (Å²) in [6.45, 7) is 9.35. The maximum absolute atomic E-state index is 12.8. The van der Waals surface area contributed by atoms with Gasteiger partial charge in [0.25, 0.3) is 0 Å². The Morgan fingerprint density at radius 1 is 0.963 bits per heavy atom. The number of methoxy groups -OCH3 is 1. The first-order valence-electron chi connectivity index (χ1n) is 9.02. The summed E-state index contributed by atoms with van der Waals surface area (Å²) in [5.41, 5.74) is 2.13. The number of carbonyl (C=O) groups is 2. The Labute approximate surface area is 161 Å². The van der Waals surface area contributed by atoms with E-state index in [4.69, 9.17) is 4.74 Å². The second kappa shape index (κ2) is 8.25. The van der Waals surface area contributed by atoms with Crippen molar-refractivity contribution < 1.29 is 14.3 Å². The number of ether oxygens (including phenoxy) is 1. The fraction of sp³-hybridized carbons (Fsp3) is 0.364. The normalized spacial score (nSPS) is 11.2. The van der Waals surface area contributed by atoms with E-state index in [1.165, 1.54) is 5.56 Å². The van der Waals surface area contributed by atoms with Crippen LogP contribution in [0.4, 0.5) is 11.4 Å². The summed E-state index contributed by atoms with van der Waals surface area (Å²) in [6, 6.07) is 13.2. The third-order valence-electron chi connectivity index (χ3n) is 4.57. The molecule has 2 amide bonds. The van der Waals surface area contributed by atoms with Crippen molar-refractivity contribution in [3.05, 3.63) is 53.6 Å². The number of carbonyl (C=O) groups excluding carboxylic acids is 2. The van der Waals surface area contributed by atoms with Crippen LogP contribution in [-0.2, 0) is 9.59 Å². The zero-order valence-corrected chi connectivity index (χ0v) is 16.8. The highest BCUT2D eigenvalue weighted by molar-refractivity contribution is 6.14. The predicted molar refractivity (Wildman–Crippen MR) is 109 cm³/mol. The van der Waals surface area contributed by atoms with Crippen LogP contribution in [0.25, 0.3) is 0 Å². The summed E-state index contributed by atoms with van der Waals surface area (Å²) >= 11 is 0. The van der Waals surface area contributed by atoms with E-state index < -0.39 is 11.3 Å². The number of anilines is 2. The van der Waals surface area contributed by atoms with Crippen LogP contribution in [0.5, 0.6) is 5.75 Å². The molecule has 5 nitrogen and oxygen atoms in total. The number of nitrogens with one attached hydrogen (secondary N) is 2. The van der Waals surface area contributed by atoms with Crippen molar-refractivity contribution in [3.8, 4) is 5.75 Å². The first-order chi connectivity index (χ1) is 12.6. The Bertz CT molecular complexity index is 824. The van der Waals surface area contributed by atoms with E-state index in [0.29, 0.717) is 23.0 Å². The third kappa shape index (κ3) is 4.88. The largest absolute Gasteiger partial charge is 0.495 e. The molecule has 0 unspecified atom stereocenters. The topological polar surface area (TPSA) is 67.4 Å². The van der Waals surface area contributed by atoms with Gasteiger partial charge in [0.05, 0.1) is 12.8 Å². The molecule has 0 spiro atoms. The quantitative estimate of drug-likeness (QED) is 0.724. The lowest BCUT2D eigenvalue weighted by Gasteiger charge is -2.23. The summed E-state index contributed by atoms with van der Waals surface area (Å²) in [6.07, 6.45) is 0. The molecule has 2 aromatic carbocycles. The fourth-order valence-corrected chi connectivity index (χ4v) is 2.54. The molecule has 0 saturated carbocycles. The van der Waals surface area contributed by atoms with Gasteiger partial charge in [0.2, 0.25) is 11.8 Å². The number of hydrogen-bond donors (Lipinski definition) is 2. The lowest BCUT2D eigenvalue weighted by Crippen LogP contribution is -2.41. The van der Waals surface area contributed by atoms with Crippen LogP contribution in [0.15, 0.2) is 42.5 Å². The molecule has 0 atom stereocenters. The maximum Gasteiger partial charge on any atom is 0.239 e. The molecule has 2 rings (SSSR count). The van der Waals surface area contributed by atoms with Crippen molar-refractivity contribution in [1.82, 2.24) is 0 Å². The van der Waals surface area contributed by atoms with E-state index in [9.17, 15) is 9.59 Å². The number of rotatable bonds is 6. The van der Waals surface area contributed by atoms with Crippen molar-refractivity contribution in [1.29, 1.82) is 0 Å². The molecule has 0 saturated heterocycles. The molecular formula is C22H28N2O3. The van der Waals surface area contributed by atoms with E-state index in [2.05, 4.69) is 24.5 Å². The average Bonchev–Trinajstić information content (AvgIpc) is 2.62. The van der Waals surface area contributed by atoms with Crippen molar-refractivity contribution in [3.63, 3.8) is 0 Å². The summed E-state index contributed by atoms with van der Waals surface area (Å²) in [4.78, 5) is 25.5. The van der Waals surface area contributed by atoms with Crippen molar-refractivity contribution in [2.24, 2.45) is 5.41 Å². The van der Waals surface area contributed by atoms with Gasteiger partial charge in [-0.15, -0.1) is 0 Å². The molecule has 0 fully saturated rings. The van der Waals surface area contributed by atoms with E-state index in [1.54, 1.807) is 27.0 Å². The molecule has 0 aliphatic rings. The van der Waals surface area contributed by atoms with Crippen molar-refractivity contribution in [2.75, 3.05) is 17.7 Å². The molecule has 2 N–H and O–H groups in total. The lowest BCUT2D eigenvalue weighted by atomic mass is 9.90. The van der Waals surface area contributed by atoms with Gasteiger partial charge in [0.1, 0.15) is 11.2 Å². The van der Waals surface area contributed by atoms with Crippen molar-refractivity contribution in [2.45, 2.75) is 40.5 Å². The number of benzene rings is 2. The summed E-state index contributed by atoms with van der Waals surface area (Å²) in [7, 11) is 1.54. The van der Waals surface area contributed by atoms with Crippen LogP contribution in [0.3, 0.4) is 0 Å². The minimum atomic E-state index is -1.26. The fourth-order valence-electron chi connectivity index (χ4n) is 2.54. The van der Waals surface area contributed by atoms with Gasteiger partial charge in [0.15, 0.2) is 0 Å². The third-order valence-corrected chi connectivity index (χ3v) is 4.57. The molecule has 0 heterocycles. The van der Waals surface area contributed by atoms with Crippen LogP contribution >= 0.6 is 0 Å². The highest BCUT2D eigenvalue weighted by Crippen LogP contribution is 2.28. The molecule has 0 aromatic heterocycles. The molecule has 0 radical (unpaired) electrons. The molecular weight excluding hydrogens is 340 g/mol. The summed E-state index contributed by atoms with van der Waals surface area (Å²) < 4.78 is 5.29. The van der Waals surface area contributed by atoms with Gasteiger partial charge in [-0.3, -0.25) is 9.59 Å². The standard InChI is InChI=1S/C22H28N2O3/c1-14(2)16-8-10-17(11-9-16)23-20(25)22(4,5)21(26)24-18-13-15(3)7-12-19(18)27-6/h7-14H,1-6H3,(H,23,25)(H,24,26). The van der Waals surface area contributed by atoms with Crippen LogP contribution in [0.2, 0.25) is 0 Å². The Kier molecular flexibility index (Phi) is 6.26. The van der Waals surface area contributed by atoms with Crippen LogP contribution in [0, 0.1) is 12.3 Å². The minimum absolute atomic E-state index is 0.371. The van der Waals surface area contributed by atoms with Crippen LogP contribution in [0.1, 0.15) is 44.7 Å². The van der Waals surface area contributed by atoms with Crippen LogP contribution in [-0.4, -0.2) is 18.9 Å². The molecule has 2 aromatic rings. The minimum Gasteiger partial charge on any atom is -0.495 e. The molecule has 5 heteroatoms. The van der Waals surface area contributed by atoms with Gasteiger partial charge < -0.3 is 15.4 Å². The number of amides is 2. The lowest BCUT2D eigenvalue weighted by molar-refractivity contribution is -0.135. The Morgan fingerprint density at radius 3 is 2.11 bits per heavy atom. The van der Waals surface area contributed by atoms with Crippen LogP contribution < -0.4 is 15.4 Å². The maximum atomic E-state index is 12.8. The van der Waals surface area contributed by atoms with E-state index in [0.717, 1.165) is 5.56 Å². The second-order valence-electron chi connectivity index (χ2n) is 7.51. The smallest absolute Gasteiger partial charge is 0.239 e. The Hall–Kier alpha value is -2.82. The molecule has 0 aliphatic carbocycles. The Balaban J connectivity index is 2.12. The zero-order chi connectivity index (χ0) is 20.2. The van der Waals surface area contributed by atoms with Gasteiger partial charge in [-0.05, 0) is 62.1 Å².